The molecule has 1 rings (SSSR count). The van der Waals surface area contributed by atoms with Gasteiger partial charge in [-0.25, -0.2) is 4.79 Å². The van der Waals surface area contributed by atoms with Gasteiger partial charge in [-0.15, -0.1) is 0 Å². The second-order valence-electron chi connectivity index (χ2n) is 3.57. The molecule has 0 aliphatic heterocycles. The van der Waals surface area contributed by atoms with Crippen molar-refractivity contribution < 1.29 is 9.59 Å². The molecule has 0 aliphatic carbocycles. The van der Waals surface area contributed by atoms with Gasteiger partial charge in [0, 0.05) is 12.2 Å². The number of amides is 3. The van der Waals surface area contributed by atoms with E-state index in [9.17, 15) is 9.59 Å². The third-order valence-corrected chi connectivity index (χ3v) is 2.44. The molecule has 100 valence electrons. The van der Waals surface area contributed by atoms with E-state index in [4.69, 9.17) is 16.9 Å². The van der Waals surface area contributed by atoms with Gasteiger partial charge in [0.25, 0.3) is 0 Å². The van der Waals surface area contributed by atoms with Crippen molar-refractivity contribution in [3.63, 3.8) is 0 Å². The lowest BCUT2D eigenvalue weighted by molar-refractivity contribution is -0.119. The van der Waals surface area contributed by atoms with Crippen molar-refractivity contribution in [2.24, 2.45) is 0 Å². The number of rotatable bonds is 4. The van der Waals surface area contributed by atoms with Crippen molar-refractivity contribution in [1.29, 1.82) is 5.26 Å². The summed E-state index contributed by atoms with van der Waals surface area (Å²) in [6.45, 7) is 2.19. The normalized spacial score (nSPS) is 9.32. The molecule has 0 atom stereocenters. The van der Waals surface area contributed by atoms with Gasteiger partial charge in [0.1, 0.15) is 6.07 Å². The highest BCUT2D eigenvalue weighted by Crippen LogP contribution is 2.19. The van der Waals surface area contributed by atoms with Crippen LogP contribution in [-0.2, 0) is 4.79 Å². The summed E-state index contributed by atoms with van der Waals surface area (Å²) in [5.41, 5.74) is 0.771. The topological polar surface area (TPSA) is 94.0 Å². The average Bonchev–Trinajstić information content (AvgIpc) is 2.37. The van der Waals surface area contributed by atoms with Crippen LogP contribution >= 0.6 is 11.6 Å². The number of carbonyl (C=O) groups excluding carboxylic acids is 2. The van der Waals surface area contributed by atoms with Gasteiger partial charge >= 0.3 is 6.03 Å². The molecule has 19 heavy (non-hydrogen) atoms. The zero-order chi connectivity index (χ0) is 14.3. The van der Waals surface area contributed by atoms with Crippen LogP contribution in [0.25, 0.3) is 0 Å². The summed E-state index contributed by atoms with van der Waals surface area (Å²) in [6, 6.07) is 5.91. The number of likely N-dealkylation sites (N-methyl/N-ethyl adjacent to an activating group) is 1. The molecule has 0 unspecified atom stereocenters. The summed E-state index contributed by atoms with van der Waals surface area (Å²) >= 11 is 5.82. The predicted molar refractivity (Wildman–Crippen MR) is 71.9 cm³/mol. The Morgan fingerprint density at radius 1 is 1.37 bits per heavy atom. The monoisotopic (exact) mass is 280 g/mol. The molecule has 3 amide bonds. The molecule has 1 aromatic carbocycles. The first-order valence-electron chi connectivity index (χ1n) is 5.58. The molecule has 0 saturated heterocycles. The fourth-order valence-corrected chi connectivity index (χ4v) is 1.50. The van der Waals surface area contributed by atoms with Crippen LogP contribution in [0.2, 0.25) is 5.02 Å². The third-order valence-electron chi connectivity index (χ3n) is 2.13. The van der Waals surface area contributed by atoms with E-state index in [0.29, 0.717) is 17.8 Å². The van der Waals surface area contributed by atoms with Gasteiger partial charge in [-0.2, -0.15) is 5.26 Å². The summed E-state index contributed by atoms with van der Waals surface area (Å²) < 4.78 is 0. The van der Waals surface area contributed by atoms with Gasteiger partial charge in [-0.3, -0.25) is 4.79 Å². The van der Waals surface area contributed by atoms with E-state index < -0.39 is 6.03 Å². The molecule has 6 nitrogen and oxygen atoms in total. The lowest BCUT2D eigenvalue weighted by Gasteiger charge is -2.08. The molecule has 7 heteroatoms. The first-order chi connectivity index (χ1) is 9.06. The second kappa shape index (κ2) is 7.24. The van der Waals surface area contributed by atoms with Crippen molar-refractivity contribution in [2.75, 3.05) is 18.4 Å². The summed E-state index contributed by atoms with van der Waals surface area (Å²) in [4.78, 5) is 22.6. The first kappa shape index (κ1) is 14.8. The van der Waals surface area contributed by atoms with Gasteiger partial charge in [0.05, 0.1) is 17.1 Å². The van der Waals surface area contributed by atoms with E-state index in [0.717, 1.165) is 0 Å². The van der Waals surface area contributed by atoms with E-state index in [2.05, 4.69) is 16.0 Å². The maximum Gasteiger partial charge on any atom is 0.319 e. The Kier molecular flexibility index (Phi) is 5.64. The molecule has 0 spiro atoms. The largest absolute Gasteiger partial charge is 0.355 e. The van der Waals surface area contributed by atoms with Gasteiger partial charge < -0.3 is 16.0 Å². The number of nitrogens with one attached hydrogen (secondary N) is 3. The van der Waals surface area contributed by atoms with Crippen molar-refractivity contribution in [2.45, 2.75) is 6.92 Å². The number of anilines is 1. The van der Waals surface area contributed by atoms with E-state index in [1.54, 1.807) is 13.0 Å². The molecule has 0 heterocycles. The van der Waals surface area contributed by atoms with Crippen LogP contribution in [0.1, 0.15) is 12.5 Å². The maximum atomic E-state index is 11.5. The number of benzene rings is 1. The minimum absolute atomic E-state index is 0.107. The number of nitrogens with zero attached hydrogens (tertiary/aromatic N) is 1. The number of hydrogen-bond acceptors (Lipinski definition) is 3. The number of hydrogen-bond donors (Lipinski definition) is 3. The van der Waals surface area contributed by atoms with Crippen LogP contribution in [0.4, 0.5) is 10.5 Å². The standard InChI is InChI=1S/C12H13ClN4O2/c1-2-15-11(18)7-16-12(19)17-9-4-3-8(6-14)10(13)5-9/h3-5H,2,7H2,1H3,(H,15,18)(H2,16,17,19). The first-order valence-corrected chi connectivity index (χ1v) is 5.95. The molecule has 0 radical (unpaired) electrons. The van der Waals surface area contributed by atoms with E-state index in [1.165, 1.54) is 12.1 Å². The lowest BCUT2D eigenvalue weighted by atomic mass is 10.2. The predicted octanol–water partition coefficient (Wildman–Crippen LogP) is 1.47. The summed E-state index contributed by atoms with van der Waals surface area (Å²) in [5.74, 6) is -0.268. The number of nitriles is 1. The van der Waals surface area contributed by atoms with Crippen LogP contribution in [-0.4, -0.2) is 25.0 Å². The lowest BCUT2D eigenvalue weighted by Crippen LogP contribution is -2.38. The van der Waals surface area contributed by atoms with Gasteiger partial charge in [0.15, 0.2) is 0 Å². The highest BCUT2D eigenvalue weighted by atomic mass is 35.5. The van der Waals surface area contributed by atoms with Crippen molar-refractivity contribution in [3.8, 4) is 6.07 Å². The van der Waals surface area contributed by atoms with Crippen molar-refractivity contribution in [3.05, 3.63) is 28.8 Å². The Labute approximate surface area is 115 Å². The number of carbonyl (C=O) groups is 2. The van der Waals surface area contributed by atoms with Crippen LogP contribution in [0.3, 0.4) is 0 Å². The summed E-state index contributed by atoms with van der Waals surface area (Å²) in [5, 5.41) is 16.4. The average molecular weight is 281 g/mol. The van der Waals surface area contributed by atoms with Gasteiger partial charge in [0.2, 0.25) is 5.91 Å². The van der Waals surface area contributed by atoms with Crippen molar-refractivity contribution in [1.82, 2.24) is 10.6 Å². The molecular formula is C12H13ClN4O2. The minimum Gasteiger partial charge on any atom is -0.355 e. The Morgan fingerprint density at radius 3 is 2.68 bits per heavy atom. The Hall–Kier alpha value is -2.26. The molecule has 1 aromatic rings. The quantitative estimate of drug-likeness (QED) is 0.779. The SMILES string of the molecule is CCNC(=O)CNC(=O)Nc1ccc(C#N)c(Cl)c1. The summed E-state index contributed by atoms with van der Waals surface area (Å²) in [6.07, 6.45) is 0. The zero-order valence-corrected chi connectivity index (χ0v) is 11.0. The van der Waals surface area contributed by atoms with Crippen molar-refractivity contribution >= 4 is 29.2 Å². The third kappa shape index (κ3) is 4.85. The number of urea groups is 1. The maximum absolute atomic E-state index is 11.5. The fourth-order valence-electron chi connectivity index (χ4n) is 1.28. The molecule has 3 N–H and O–H groups in total. The highest BCUT2D eigenvalue weighted by Gasteiger charge is 2.06. The molecule has 0 aliphatic rings. The Morgan fingerprint density at radius 2 is 2.11 bits per heavy atom. The van der Waals surface area contributed by atoms with E-state index in [-0.39, 0.29) is 17.5 Å². The summed E-state index contributed by atoms with van der Waals surface area (Å²) in [7, 11) is 0. The highest BCUT2D eigenvalue weighted by molar-refractivity contribution is 6.32. The number of halogens is 1. The zero-order valence-electron chi connectivity index (χ0n) is 10.3. The second-order valence-corrected chi connectivity index (χ2v) is 3.97. The molecule has 0 bridgehead atoms. The Balaban J connectivity index is 2.51. The molecule has 0 fully saturated rings. The fraction of sp³-hybridized carbons (Fsp3) is 0.250. The smallest absolute Gasteiger partial charge is 0.319 e. The van der Waals surface area contributed by atoms with E-state index in [1.807, 2.05) is 6.07 Å². The van der Waals surface area contributed by atoms with Gasteiger partial charge in [-0.1, -0.05) is 11.6 Å². The Bertz CT molecular complexity index is 525. The molecule has 0 saturated carbocycles. The van der Waals surface area contributed by atoms with Crippen LogP contribution in [0.5, 0.6) is 0 Å². The molecular weight excluding hydrogens is 268 g/mol. The van der Waals surface area contributed by atoms with Crippen LogP contribution in [0, 0.1) is 11.3 Å². The van der Waals surface area contributed by atoms with Gasteiger partial charge in [-0.05, 0) is 25.1 Å². The van der Waals surface area contributed by atoms with E-state index >= 15 is 0 Å². The minimum atomic E-state index is -0.521. The van der Waals surface area contributed by atoms with Crippen LogP contribution in [0.15, 0.2) is 18.2 Å². The molecule has 0 aromatic heterocycles. The van der Waals surface area contributed by atoms with Crippen LogP contribution < -0.4 is 16.0 Å².